The van der Waals surface area contributed by atoms with Crippen LogP contribution in [0, 0.1) is 0 Å². The first-order chi connectivity index (χ1) is 4.63. The molecule has 4 N–H and O–H groups in total. The molecule has 0 fully saturated rings. The van der Waals surface area contributed by atoms with Gasteiger partial charge in [-0.2, -0.15) is 0 Å². The molecule has 2 nitrogen and oxygen atoms in total. The Kier molecular flexibility index (Phi) is 2.21. The zero-order chi connectivity index (χ0) is 7.72. The molecule has 0 saturated heterocycles. The van der Waals surface area contributed by atoms with Gasteiger partial charge in [0.2, 0.25) is 0 Å². The van der Waals surface area contributed by atoms with Crippen LogP contribution in [0.3, 0.4) is 0 Å². The van der Waals surface area contributed by atoms with Gasteiger partial charge < -0.3 is 11.5 Å². The summed E-state index contributed by atoms with van der Waals surface area (Å²) in [6.07, 6.45) is 0. The van der Waals surface area contributed by atoms with E-state index in [1.807, 2.05) is 0 Å². The average molecular weight is 266 g/mol. The molecule has 0 amide bonds. The van der Waals surface area contributed by atoms with E-state index in [-0.39, 0.29) is 0 Å². The Balaban J connectivity index is 3.34. The van der Waals surface area contributed by atoms with E-state index in [1.165, 1.54) is 0 Å². The molecule has 0 heterocycles. The first kappa shape index (κ1) is 7.88. The van der Waals surface area contributed by atoms with Gasteiger partial charge in [-0.05, 0) is 44.0 Å². The van der Waals surface area contributed by atoms with Gasteiger partial charge in [0.05, 0.1) is 8.95 Å². The summed E-state index contributed by atoms with van der Waals surface area (Å²) in [5.41, 5.74) is 12.5. The van der Waals surface area contributed by atoms with Crippen molar-refractivity contribution in [1.82, 2.24) is 0 Å². The Morgan fingerprint density at radius 2 is 1.20 bits per heavy atom. The van der Waals surface area contributed by atoms with Crippen LogP contribution >= 0.6 is 31.9 Å². The van der Waals surface area contributed by atoms with Gasteiger partial charge in [0, 0.05) is 11.4 Å². The number of halogens is 2. The van der Waals surface area contributed by atoms with Gasteiger partial charge in [-0.1, -0.05) is 0 Å². The van der Waals surface area contributed by atoms with Crippen LogP contribution in [0.25, 0.3) is 0 Å². The second-order valence-corrected chi connectivity index (χ2v) is 3.46. The summed E-state index contributed by atoms with van der Waals surface area (Å²) in [5.74, 6) is 0. The molecule has 0 unspecified atom stereocenters. The number of anilines is 2. The summed E-state index contributed by atoms with van der Waals surface area (Å²) in [5, 5.41) is 0. The molecule has 0 bridgehead atoms. The third kappa shape index (κ3) is 1.27. The third-order valence-electron chi connectivity index (χ3n) is 1.14. The summed E-state index contributed by atoms with van der Waals surface area (Å²) in [6.45, 7) is 0. The van der Waals surface area contributed by atoms with Crippen LogP contribution in [0.1, 0.15) is 0 Å². The lowest BCUT2D eigenvalue weighted by atomic mass is 10.3. The van der Waals surface area contributed by atoms with Crippen molar-refractivity contribution < 1.29 is 0 Å². The number of nitrogens with two attached hydrogens (primary N) is 2. The standard InChI is InChI=1S/C6H6Br2N2/c7-5-3(9)1-2-4(10)6(5)8/h1-2H,9-10H2. The van der Waals surface area contributed by atoms with Crippen molar-refractivity contribution in [3.05, 3.63) is 21.1 Å². The monoisotopic (exact) mass is 264 g/mol. The molecule has 1 aromatic carbocycles. The van der Waals surface area contributed by atoms with Gasteiger partial charge in [-0.15, -0.1) is 0 Å². The predicted molar refractivity (Wildman–Crippen MR) is 50.7 cm³/mol. The lowest BCUT2D eigenvalue weighted by molar-refractivity contribution is 1.57. The zero-order valence-corrected chi connectivity index (χ0v) is 8.24. The van der Waals surface area contributed by atoms with E-state index >= 15 is 0 Å². The van der Waals surface area contributed by atoms with Gasteiger partial charge in [-0.3, -0.25) is 0 Å². The minimum Gasteiger partial charge on any atom is -0.398 e. The fourth-order valence-electron chi connectivity index (χ4n) is 0.579. The van der Waals surface area contributed by atoms with Gasteiger partial charge in [0.15, 0.2) is 0 Å². The topological polar surface area (TPSA) is 52.0 Å². The van der Waals surface area contributed by atoms with E-state index in [2.05, 4.69) is 31.9 Å². The lowest BCUT2D eigenvalue weighted by Gasteiger charge is -2.02. The maximum Gasteiger partial charge on any atom is 0.0567 e. The summed E-state index contributed by atoms with van der Waals surface area (Å²) >= 11 is 6.56. The largest absolute Gasteiger partial charge is 0.398 e. The first-order valence-electron chi connectivity index (χ1n) is 2.62. The molecular weight excluding hydrogens is 260 g/mol. The average Bonchev–Trinajstić information content (AvgIpc) is 1.93. The number of hydrogen-bond donors (Lipinski definition) is 2. The van der Waals surface area contributed by atoms with E-state index in [9.17, 15) is 0 Å². The lowest BCUT2D eigenvalue weighted by Crippen LogP contribution is -1.91. The van der Waals surface area contributed by atoms with E-state index < -0.39 is 0 Å². The van der Waals surface area contributed by atoms with E-state index in [1.54, 1.807) is 12.1 Å². The maximum atomic E-state index is 5.56. The Bertz CT molecular complexity index is 233. The molecule has 0 aromatic heterocycles. The molecule has 0 atom stereocenters. The van der Waals surface area contributed by atoms with Crippen LogP contribution in [0.15, 0.2) is 21.1 Å². The Morgan fingerprint density at radius 3 is 1.50 bits per heavy atom. The van der Waals surface area contributed by atoms with Crippen molar-refractivity contribution in [3.8, 4) is 0 Å². The molecule has 0 saturated carbocycles. The smallest absolute Gasteiger partial charge is 0.0567 e. The predicted octanol–water partition coefficient (Wildman–Crippen LogP) is 2.38. The van der Waals surface area contributed by atoms with Crippen LogP contribution in [0.4, 0.5) is 11.4 Å². The Hall–Kier alpha value is -0.220. The van der Waals surface area contributed by atoms with Crippen molar-refractivity contribution in [2.45, 2.75) is 0 Å². The van der Waals surface area contributed by atoms with Crippen LogP contribution in [0.5, 0.6) is 0 Å². The number of rotatable bonds is 0. The molecule has 10 heavy (non-hydrogen) atoms. The van der Waals surface area contributed by atoms with Crippen LogP contribution in [-0.4, -0.2) is 0 Å². The van der Waals surface area contributed by atoms with Crippen molar-refractivity contribution in [2.75, 3.05) is 11.5 Å². The third-order valence-corrected chi connectivity index (χ3v) is 3.38. The van der Waals surface area contributed by atoms with Crippen molar-refractivity contribution in [2.24, 2.45) is 0 Å². The molecule has 1 rings (SSSR count). The van der Waals surface area contributed by atoms with E-state index in [4.69, 9.17) is 11.5 Å². The maximum absolute atomic E-state index is 5.56. The van der Waals surface area contributed by atoms with Crippen LogP contribution in [0.2, 0.25) is 0 Å². The first-order valence-corrected chi connectivity index (χ1v) is 4.20. The Morgan fingerprint density at radius 1 is 0.900 bits per heavy atom. The SMILES string of the molecule is Nc1ccc(N)c(Br)c1Br. The van der Waals surface area contributed by atoms with Gasteiger partial charge in [0.25, 0.3) is 0 Å². The second kappa shape index (κ2) is 2.80. The second-order valence-electron chi connectivity index (χ2n) is 1.87. The minimum atomic E-state index is 0.682. The summed E-state index contributed by atoms with van der Waals surface area (Å²) in [4.78, 5) is 0. The Labute approximate surface area is 75.8 Å². The highest BCUT2D eigenvalue weighted by atomic mass is 79.9. The number of nitrogen functional groups attached to an aromatic ring is 2. The van der Waals surface area contributed by atoms with Gasteiger partial charge >= 0.3 is 0 Å². The highest BCUT2D eigenvalue weighted by molar-refractivity contribution is 9.13. The summed E-state index contributed by atoms with van der Waals surface area (Å²) < 4.78 is 1.63. The van der Waals surface area contributed by atoms with Crippen LogP contribution in [-0.2, 0) is 0 Å². The molecule has 0 aliphatic rings. The molecule has 1 aromatic rings. The van der Waals surface area contributed by atoms with E-state index in [0.29, 0.717) is 11.4 Å². The van der Waals surface area contributed by atoms with Gasteiger partial charge in [0.1, 0.15) is 0 Å². The number of benzene rings is 1. The molecule has 0 radical (unpaired) electrons. The van der Waals surface area contributed by atoms with Crippen molar-refractivity contribution in [3.63, 3.8) is 0 Å². The van der Waals surface area contributed by atoms with Gasteiger partial charge in [-0.25, -0.2) is 0 Å². The fraction of sp³-hybridized carbons (Fsp3) is 0. The molecule has 0 spiro atoms. The minimum absolute atomic E-state index is 0.682. The van der Waals surface area contributed by atoms with E-state index in [0.717, 1.165) is 8.95 Å². The van der Waals surface area contributed by atoms with Crippen LogP contribution < -0.4 is 11.5 Å². The van der Waals surface area contributed by atoms with Crippen molar-refractivity contribution >= 4 is 43.2 Å². The zero-order valence-electron chi connectivity index (χ0n) is 5.07. The molecule has 54 valence electrons. The summed E-state index contributed by atoms with van der Waals surface area (Å²) in [7, 11) is 0. The molecule has 0 aliphatic heterocycles. The molecule has 0 aliphatic carbocycles. The normalized spacial score (nSPS) is 9.80. The fourth-order valence-corrected chi connectivity index (χ4v) is 1.30. The highest BCUT2D eigenvalue weighted by Gasteiger charge is 2.02. The summed E-state index contributed by atoms with van der Waals surface area (Å²) in [6, 6.07) is 3.51. The quantitative estimate of drug-likeness (QED) is 0.708. The van der Waals surface area contributed by atoms with Crippen molar-refractivity contribution in [1.29, 1.82) is 0 Å². The molecule has 4 heteroatoms. The highest BCUT2D eigenvalue weighted by Crippen LogP contribution is 2.33. The molecular formula is C6H6Br2N2. The number of hydrogen-bond acceptors (Lipinski definition) is 2.